The summed E-state index contributed by atoms with van der Waals surface area (Å²) in [4.78, 5) is 0. The molecule has 0 spiro atoms. The van der Waals surface area contributed by atoms with Gasteiger partial charge in [-0.1, -0.05) is 18.2 Å². The van der Waals surface area contributed by atoms with Gasteiger partial charge < -0.3 is 0 Å². The Hall–Kier alpha value is -0.850. The minimum atomic E-state index is -0.178. The lowest BCUT2D eigenvalue weighted by atomic mass is 10.4. The van der Waals surface area contributed by atoms with Gasteiger partial charge in [-0.2, -0.15) is 0 Å². The third-order valence-corrected chi connectivity index (χ3v) is 0.733. The molecule has 0 fully saturated rings. The van der Waals surface area contributed by atoms with Crippen molar-refractivity contribution < 1.29 is 5.82 Å². The van der Waals surface area contributed by atoms with Crippen LogP contribution in [0.3, 0.4) is 0 Å². The van der Waals surface area contributed by atoms with E-state index in [2.05, 4.69) is 0 Å². The molecule has 1 rings (SSSR count). The molecule has 1 aromatic carbocycles. The second kappa shape index (κ2) is 1.73. The van der Waals surface area contributed by atoms with Gasteiger partial charge in [0.15, 0.2) is 0 Å². The lowest BCUT2D eigenvalue weighted by molar-refractivity contribution is 0.628. The Bertz CT molecular complexity index is 138. The Morgan fingerprint density at radius 3 is 2.00 bits per heavy atom. The summed E-state index contributed by atoms with van der Waals surface area (Å²) < 4.78 is 11.9. The maximum Gasteiger partial charge on any atom is 1.00 e. The van der Waals surface area contributed by atoms with Crippen molar-refractivity contribution >= 4 is 0 Å². The minimum Gasteiger partial charge on any atom is -0.207 e. The Balaban J connectivity index is 0.000000490. The van der Waals surface area contributed by atoms with E-state index in [1.54, 1.807) is 18.2 Å². The Kier molecular flexibility index (Phi) is 1.07. The molecular weight excluding hydrogens is 91.1 g/mol. The van der Waals surface area contributed by atoms with Crippen molar-refractivity contribution in [3.63, 3.8) is 0 Å². The molecular formula is C6H6F+. The van der Waals surface area contributed by atoms with E-state index in [-0.39, 0.29) is 7.24 Å². The molecule has 1 heteroatoms. The molecule has 36 valence electrons. The number of benzene rings is 1. The van der Waals surface area contributed by atoms with E-state index < -0.39 is 0 Å². The summed E-state index contributed by atoms with van der Waals surface area (Å²) in [6.07, 6.45) is 0. The van der Waals surface area contributed by atoms with Crippen molar-refractivity contribution in [2.75, 3.05) is 0 Å². The van der Waals surface area contributed by atoms with E-state index in [9.17, 15) is 4.39 Å². The molecule has 0 N–H and O–H groups in total. The zero-order valence-corrected chi connectivity index (χ0v) is 3.76. The van der Waals surface area contributed by atoms with Gasteiger partial charge in [0.2, 0.25) is 0 Å². The lowest BCUT2D eigenvalue weighted by Gasteiger charge is -1.78. The van der Waals surface area contributed by atoms with Crippen LogP contribution in [-0.4, -0.2) is 0 Å². The predicted molar refractivity (Wildman–Crippen MR) is 27.5 cm³/mol. The van der Waals surface area contributed by atoms with Crippen molar-refractivity contribution in [3.8, 4) is 0 Å². The van der Waals surface area contributed by atoms with Gasteiger partial charge in [0.1, 0.15) is 5.82 Å². The number of halogens is 1. The normalized spacial score (nSPS) is 8.71. The van der Waals surface area contributed by atoms with Crippen LogP contribution >= 0.6 is 0 Å². The molecule has 0 aliphatic rings. The summed E-state index contributed by atoms with van der Waals surface area (Å²) >= 11 is 0. The van der Waals surface area contributed by atoms with Crippen LogP contribution in [-0.2, 0) is 0 Å². The molecule has 0 heterocycles. The SMILES string of the molecule is Fc1ccccc1.[H+]. The van der Waals surface area contributed by atoms with Crippen LogP contribution in [0.15, 0.2) is 30.3 Å². The quantitative estimate of drug-likeness (QED) is 0.464. The highest BCUT2D eigenvalue weighted by molar-refractivity contribution is 5.02. The lowest BCUT2D eigenvalue weighted by Crippen LogP contribution is -1.63. The molecule has 7 heavy (non-hydrogen) atoms. The van der Waals surface area contributed by atoms with E-state index >= 15 is 0 Å². The van der Waals surface area contributed by atoms with Crippen molar-refractivity contribution in [2.45, 2.75) is 0 Å². The molecule has 0 amide bonds. The fraction of sp³-hybridized carbons (Fsp3) is 0. The summed E-state index contributed by atoms with van der Waals surface area (Å²) in [6, 6.07) is 7.94. The Morgan fingerprint density at radius 2 is 1.71 bits per heavy atom. The molecule has 0 saturated carbocycles. The van der Waals surface area contributed by atoms with Crippen LogP contribution in [0, 0.1) is 5.82 Å². The first kappa shape index (κ1) is 4.31. The summed E-state index contributed by atoms with van der Waals surface area (Å²) in [5, 5.41) is 0. The van der Waals surface area contributed by atoms with Gasteiger partial charge in [0.05, 0.1) is 0 Å². The topological polar surface area (TPSA) is 0 Å². The smallest absolute Gasteiger partial charge is 0.207 e. The zero-order valence-electron chi connectivity index (χ0n) is 4.76. The third-order valence-electron chi connectivity index (χ3n) is 0.733. The van der Waals surface area contributed by atoms with E-state index in [1.807, 2.05) is 0 Å². The molecule has 0 unspecified atom stereocenters. The van der Waals surface area contributed by atoms with Crippen molar-refractivity contribution in [3.05, 3.63) is 36.1 Å². The van der Waals surface area contributed by atoms with Crippen molar-refractivity contribution in [1.82, 2.24) is 0 Å². The Morgan fingerprint density at radius 1 is 1.14 bits per heavy atom. The summed E-state index contributed by atoms with van der Waals surface area (Å²) in [5.74, 6) is -0.178. The predicted octanol–water partition coefficient (Wildman–Crippen LogP) is 1.94. The molecule has 1 aromatic rings. The summed E-state index contributed by atoms with van der Waals surface area (Å²) in [5.41, 5.74) is 0. The highest BCUT2D eigenvalue weighted by Gasteiger charge is 1.77. The average Bonchev–Trinajstić information content (AvgIpc) is 1.69. The second-order valence-electron chi connectivity index (χ2n) is 1.30. The van der Waals surface area contributed by atoms with E-state index in [4.69, 9.17) is 0 Å². The highest BCUT2D eigenvalue weighted by Crippen LogP contribution is 1.91. The number of hydrogen-bond acceptors (Lipinski definition) is 0. The van der Waals surface area contributed by atoms with Crippen molar-refractivity contribution in [1.29, 1.82) is 0 Å². The summed E-state index contributed by atoms with van der Waals surface area (Å²) in [6.45, 7) is 0. The number of hydrogen-bond donors (Lipinski definition) is 0. The standard InChI is InChI=1S/C6H5F/c7-6-4-2-1-3-5-6/h1-5H/p+1. The molecule has 0 nitrogen and oxygen atoms in total. The van der Waals surface area contributed by atoms with Gasteiger partial charge in [-0.25, -0.2) is 4.39 Å². The molecule has 0 aliphatic carbocycles. The minimum absolute atomic E-state index is 0. The molecule has 0 aromatic heterocycles. The first-order chi connectivity index (χ1) is 3.39. The first-order valence-corrected chi connectivity index (χ1v) is 2.10. The van der Waals surface area contributed by atoms with Crippen LogP contribution in [0.25, 0.3) is 0 Å². The van der Waals surface area contributed by atoms with Crippen LogP contribution < -0.4 is 0 Å². The van der Waals surface area contributed by atoms with Gasteiger partial charge in [-0.15, -0.1) is 0 Å². The molecule has 0 radical (unpaired) electrons. The zero-order chi connectivity index (χ0) is 5.11. The van der Waals surface area contributed by atoms with Gasteiger partial charge in [0.25, 0.3) is 0 Å². The molecule has 0 atom stereocenters. The summed E-state index contributed by atoms with van der Waals surface area (Å²) in [7, 11) is 0. The molecule has 0 aliphatic heterocycles. The van der Waals surface area contributed by atoms with Gasteiger partial charge in [-0.05, 0) is 12.1 Å². The van der Waals surface area contributed by atoms with Gasteiger partial charge >= 0.3 is 1.43 Å². The van der Waals surface area contributed by atoms with Crippen LogP contribution in [0.5, 0.6) is 0 Å². The van der Waals surface area contributed by atoms with Crippen LogP contribution in [0.4, 0.5) is 4.39 Å². The fourth-order valence-electron chi connectivity index (χ4n) is 0.415. The third kappa shape index (κ3) is 1.000. The maximum atomic E-state index is 11.9. The van der Waals surface area contributed by atoms with Crippen LogP contribution in [0.1, 0.15) is 1.43 Å². The van der Waals surface area contributed by atoms with Crippen LogP contribution in [0.2, 0.25) is 0 Å². The van der Waals surface area contributed by atoms with Gasteiger partial charge in [-0.3, -0.25) is 0 Å². The Labute approximate surface area is 43.1 Å². The fourth-order valence-corrected chi connectivity index (χ4v) is 0.415. The van der Waals surface area contributed by atoms with E-state index in [0.717, 1.165) is 0 Å². The highest BCUT2D eigenvalue weighted by atomic mass is 19.1. The number of rotatable bonds is 0. The largest absolute Gasteiger partial charge is 1.00 e. The molecule has 0 saturated heterocycles. The van der Waals surface area contributed by atoms with E-state index in [1.165, 1.54) is 12.1 Å². The maximum absolute atomic E-state index is 11.9. The first-order valence-electron chi connectivity index (χ1n) is 2.10. The molecule has 0 bridgehead atoms. The van der Waals surface area contributed by atoms with Crippen molar-refractivity contribution in [2.24, 2.45) is 0 Å². The monoisotopic (exact) mass is 97.0 g/mol. The second-order valence-corrected chi connectivity index (χ2v) is 1.30. The van der Waals surface area contributed by atoms with E-state index in [0.29, 0.717) is 0 Å². The average molecular weight is 97.1 g/mol. The van der Waals surface area contributed by atoms with Gasteiger partial charge in [0, 0.05) is 0 Å².